The van der Waals surface area contributed by atoms with Crippen molar-refractivity contribution in [2.75, 3.05) is 18.0 Å². The molecule has 1 N–H and O–H groups in total. The van der Waals surface area contributed by atoms with Gasteiger partial charge in [0.15, 0.2) is 0 Å². The van der Waals surface area contributed by atoms with Gasteiger partial charge in [-0.1, -0.05) is 41.4 Å². The van der Waals surface area contributed by atoms with Gasteiger partial charge in [-0.3, -0.25) is 9.10 Å². The molecule has 0 bridgehead atoms. The fourth-order valence-electron chi connectivity index (χ4n) is 3.64. The van der Waals surface area contributed by atoms with E-state index in [1.807, 2.05) is 31.2 Å². The lowest BCUT2D eigenvalue weighted by Crippen LogP contribution is -2.39. The molecule has 0 aliphatic carbocycles. The number of benzene rings is 4. The molecule has 0 fully saturated rings. The number of amides is 1. The first kappa shape index (κ1) is 28.7. The van der Waals surface area contributed by atoms with Gasteiger partial charge in [-0.25, -0.2) is 13.8 Å². The van der Waals surface area contributed by atoms with Crippen molar-refractivity contribution in [3.8, 4) is 11.5 Å². The number of aryl methyl sites for hydroxylation is 1. The molecule has 10 heteroatoms. The first-order chi connectivity index (χ1) is 19.2. The minimum absolute atomic E-state index is 0.00392. The summed E-state index contributed by atoms with van der Waals surface area (Å²) in [6, 6.07) is 27.4. The molecule has 0 aliphatic rings. The molecule has 0 aromatic heterocycles. The van der Waals surface area contributed by atoms with Crippen LogP contribution in [0.1, 0.15) is 16.7 Å². The molecule has 0 radical (unpaired) electrons. The topological polar surface area (TPSA) is 97.3 Å². The van der Waals surface area contributed by atoms with Gasteiger partial charge < -0.3 is 9.47 Å². The molecule has 1 amide bonds. The van der Waals surface area contributed by atoms with E-state index < -0.39 is 22.5 Å². The van der Waals surface area contributed by atoms with Gasteiger partial charge in [-0.2, -0.15) is 5.10 Å². The SMILES string of the molecule is COc1ccc(S(=O)(=O)N(CC(=O)N/N=C\c2ccc(OCc3ccc(C)cc3)cc2)c2ccc(Cl)cc2)cc1. The number of sulfonamides is 1. The highest BCUT2D eigenvalue weighted by Gasteiger charge is 2.27. The zero-order chi connectivity index (χ0) is 28.5. The first-order valence-corrected chi connectivity index (χ1v) is 14.1. The molecule has 4 aromatic carbocycles. The van der Waals surface area contributed by atoms with Crippen molar-refractivity contribution < 1.29 is 22.7 Å². The molecule has 8 nitrogen and oxygen atoms in total. The average molecular weight is 578 g/mol. The molecule has 0 spiro atoms. The van der Waals surface area contributed by atoms with Crippen molar-refractivity contribution >= 4 is 39.4 Å². The van der Waals surface area contributed by atoms with Gasteiger partial charge in [-0.15, -0.1) is 0 Å². The molecule has 0 heterocycles. The highest BCUT2D eigenvalue weighted by atomic mass is 35.5. The van der Waals surface area contributed by atoms with E-state index in [2.05, 4.69) is 10.5 Å². The number of anilines is 1. The van der Waals surface area contributed by atoms with Crippen molar-refractivity contribution in [3.63, 3.8) is 0 Å². The lowest BCUT2D eigenvalue weighted by molar-refractivity contribution is -0.119. The number of carbonyl (C=O) groups excluding carboxylic acids is 1. The number of nitrogens with one attached hydrogen (secondary N) is 1. The van der Waals surface area contributed by atoms with E-state index in [4.69, 9.17) is 21.1 Å². The van der Waals surface area contributed by atoms with Crippen molar-refractivity contribution in [3.05, 3.63) is 119 Å². The molecule has 4 rings (SSSR count). The standard InChI is InChI=1S/C30H28ClN3O5S/c1-22-3-5-24(6-4-22)21-39-28-13-7-23(8-14-28)19-32-33-30(35)20-34(26-11-9-25(31)10-12-26)40(36,37)29-17-15-27(38-2)16-18-29/h3-19H,20-21H2,1-2H3,(H,33,35)/b32-19-. The number of methoxy groups -OCH3 is 1. The number of hydrazone groups is 1. The van der Waals surface area contributed by atoms with E-state index in [0.29, 0.717) is 23.1 Å². The molecule has 40 heavy (non-hydrogen) atoms. The Hall–Kier alpha value is -4.34. The third kappa shape index (κ3) is 7.62. The fraction of sp³-hybridized carbons (Fsp3) is 0.133. The first-order valence-electron chi connectivity index (χ1n) is 12.3. The predicted molar refractivity (Wildman–Crippen MR) is 157 cm³/mol. The molecule has 0 saturated heterocycles. The summed E-state index contributed by atoms with van der Waals surface area (Å²) < 4.78 is 38.8. The van der Waals surface area contributed by atoms with Crippen LogP contribution in [0.3, 0.4) is 0 Å². The van der Waals surface area contributed by atoms with Gasteiger partial charge in [0.05, 0.1) is 23.9 Å². The average Bonchev–Trinajstić information content (AvgIpc) is 2.97. The van der Waals surface area contributed by atoms with Crippen LogP contribution < -0.4 is 19.2 Å². The van der Waals surface area contributed by atoms with Crippen LogP contribution in [0.2, 0.25) is 5.02 Å². The normalized spacial score (nSPS) is 11.3. The molecule has 0 saturated carbocycles. The third-order valence-electron chi connectivity index (χ3n) is 5.86. The minimum Gasteiger partial charge on any atom is -0.497 e. The lowest BCUT2D eigenvalue weighted by atomic mass is 10.2. The Balaban J connectivity index is 1.40. The van der Waals surface area contributed by atoms with E-state index in [1.165, 1.54) is 55.3 Å². The van der Waals surface area contributed by atoms with E-state index in [-0.39, 0.29) is 10.6 Å². The molecule has 0 aliphatic heterocycles. The number of halogens is 1. The van der Waals surface area contributed by atoms with Crippen molar-refractivity contribution in [1.29, 1.82) is 0 Å². The van der Waals surface area contributed by atoms with Crippen LogP contribution in [0, 0.1) is 6.92 Å². The number of hydrogen-bond donors (Lipinski definition) is 1. The Labute approximate surface area is 238 Å². The maximum Gasteiger partial charge on any atom is 0.264 e. The summed E-state index contributed by atoms with van der Waals surface area (Å²) in [5.74, 6) is 0.584. The number of carbonyl (C=O) groups is 1. The predicted octanol–water partition coefficient (Wildman–Crippen LogP) is 5.58. The summed E-state index contributed by atoms with van der Waals surface area (Å²) in [5.41, 5.74) is 5.66. The summed E-state index contributed by atoms with van der Waals surface area (Å²) in [6.45, 7) is 1.99. The summed E-state index contributed by atoms with van der Waals surface area (Å²) in [4.78, 5) is 12.8. The van der Waals surface area contributed by atoms with Crippen LogP contribution >= 0.6 is 11.6 Å². The highest BCUT2D eigenvalue weighted by Crippen LogP contribution is 2.26. The van der Waals surface area contributed by atoms with Crippen LogP contribution in [0.15, 0.2) is 107 Å². The fourth-order valence-corrected chi connectivity index (χ4v) is 5.19. The number of rotatable bonds is 11. The van der Waals surface area contributed by atoms with Crippen LogP contribution in [0.25, 0.3) is 0 Å². The second kappa shape index (κ2) is 13.1. The second-order valence-corrected chi connectivity index (χ2v) is 11.1. The quantitative estimate of drug-likeness (QED) is 0.185. The smallest absolute Gasteiger partial charge is 0.264 e. The van der Waals surface area contributed by atoms with Gasteiger partial charge in [0.2, 0.25) is 0 Å². The molecule has 0 unspecified atom stereocenters. The number of hydrogen-bond acceptors (Lipinski definition) is 6. The van der Waals surface area contributed by atoms with E-state index >= 15 is 0 Å². The van der Waals surface area contributed by atoms with Crippen LogP contribution in [0.5, 0.6) is 11.5 Å². The summed E-state index contributed by atoms with van der Waals surface area (Å²) in [7, 11) is -2.60. The summed E-state index contributed by atoms with van der Waals surface area (Å²) >= 11 is 5.99. The molecule has 206 valence electrons. The van der Waals surface area contributed by atoms with Crippen LogP contribution in [-0.2, 0) is 21.4 Å². The van der Waals surface area contributed by atoms with Gasteiger partial charge in [0, 0.05) is 5.02 Å². The Bertz CT molecular complexity index is 1560. The van der Waals surface area contributed by atoms with Gasteiger partial charge in [0.25, 0.3) is 15.9 Å². The van der Waals surface area contributed by atoms with E-state index in [9.17, 15) is 13.2 Å². The zero-order valence-corrected chi connectivity index (χ0v) is 23.5. The maximum absolute atomic E-state index is 13.5. The Morgan fingerprint density at radius 3 is 2.15 bits per heavy atom. The highest BCUT2D eigenvalue weighted by molar-refractivity contribution is 7.92. The van der Waals surface area contributed by atoms with E-state index in [1.54, 1.807) is 36.4 Å². The molecular weight excluding hydrogens is 550 g/mol. The second-order valence-electron chi connectivity index (χ2n) is 8.80. The monoisotopic (exact) mass is 577 g/mol. The molecule has 4 aromatic rings. The summed E-state index contributed by atoms with van der Waals surface area (Å²) in [5, 5.41) is 4.42. The van der Waals surface area contributed by atoms with E-state index in [0.717, 1.165) is 15.4 Å². The molecular formula is C30H28ClN3O5S. The lowest BCUT2D eigenvalue weighted by Gasteiger charge is -2.23. The third-order valence-corrected chi connectivity index (χ3v) is 7.90. The van der Waals surface area contributed by atoms with Crippen molar-refractivity contribution in [2.45, 2.75) is 18.4 Å². The van der Waals surface area contributed by atoms with Crippen LogP contribution in [0.4, 0.5) is 5.69 Å². The van der Waals surface area contributed by atoms with Gasteiger partial charge >= 0.3 is 0 Å². The van der Waals surface area contributed by atoms with Gasteiger partial charge in [0.1, 0.15) is 24.7 Å². The number of nitrogens with zero attached hydrogens (tertiary/aromatic N) is 2. The Morgan fingerprint density at radius 2 is 1.52 bits per heavy atom. The van der Waals surface area contributed by atoms with Crippen LogP contribution in [-0.4, -0.2) is 34.2 Å². The maximum atomic E-state index is 13.5. The molecule has 0 atom stereocenters. The Morgan fingerprint density at radius 1 is 0.900 bits per heavy atom. The Kier molecular flexibility index (Phi) is 9.42. The zero-order valence-electron chi connectivity index (χ0n) is 22.0. The minimum atomic E-state index is -4.09. The van der Waals surface area contributed by atoms with Gasteiger partial charge in [-0.05, 0) is 90.8 Å². The summed E-state index contributed by atoms with van der Waals surface area (Å²) in [6.07, 6.45) is 1.46. The van der Waals surface area contributed by atoms with Crippen molar-refractivity contribution in [2.24, 2.45) is 5.10 Å². The number of ether oxygens (including phenoxy) is 2. The van der Waals surface area contributed by atoms with Crippen molar-refractivity contribution in [1.82, 2.24) is 5.43 Å². The largest absolute Gasteiger partial charge is 0.497 e.